The van der Waals surface area contributed by atoms with Crippen molar-refractivity contribution in [3.05, 3.63) is 39.9 Å². The summed E-state index contributed by atoms with van der Waals surface area (Å²) in [5, 5.41) is 11.1. The van der Waals surface area contributed by atoms with E-state index in [4.69, 9.17) is 14.2 Å². The Bertz CT molecular complexity index is 631. The number of rotatable bonds is 5. The van der Waals surface area contributed by atoms with Gasteiger partial charge in [0, 0.05) is 45.2 Å². The van der Waals surface area contributed by atoms with Crippen LogP contribution in [0.25, 0.3) is 0 Å². The fraction of sp³-hybridized carbons (Fsp3) is 0.588. The van der Waals surface area contributed by atoms with E-state index >= 15 is 0 Å². The van der Waals surface area contributed by atoms with Crippen molar-refractivity contribution in [1.82, 2.24) is 4.90 Å². The van der Waals surface area contributed by atoms with Crippen LogP contribution in [0.15, 0.2) is 24.3 Å². The molecular weight excluding hydrogens is 328 g/mol. The smallest absolute Gasteiger partial charge is 0.410 e. The molecular formula is C17H24N2O6. The summed E-state index contributed by atoms with van der Waals surface area (Å²) in [6.45, 7) is 3.88. The molecule has 0 aromatic heterocycles. The number of likely N-dealkylation sites (tertiary alicyclic amines) is 1. The second kappa shape index (κ2) is 7.79. The Hall–Kier alpha value is -2.19. The summed E-state index contributed by atoms with van der Waals surface area (Å²) in [5.41, 5.74) is 0.618. The number of amides is 1. The lowest BCUT2D eigenvalue weighted by Crippen LogP contribution is -2.54. The number of nitro benzene ring substituents is 1. The molecule has 0 bridgehead atoms. The van der Waals surface area contributed by atoms with Crippen LogP contribution in [0.5, 0.6) is 0 Å². The minimum absolute atomic E-state index is 0.0278. The van der Waals surface area contributed by atoms with Crippen molar-refractivity contribution >= 4 is 11.8 Å². The first-order chi connectivity index (χ1) is 11.9. The van der Waals surface area contributed by atoms with Crippen LogP contribution >= 0.6 is 0 Å². The molecule has 25 heavy (non-hydrogen) atoms. The highest BCUT2D eigenvalue weighted by molar-refractivity contribution is 5.69. The van der Waals surface area contributed by atoms with Crippen LogP contribution in [0.2, 0.25) is 0 Å². The zero-order chi connectivity index (χ0) is 18.6. The van der Waals surface area contributed by atoms with Gasteiger partial charge in [-0.1, -0.05) is 12.1 Å². The van der Waals surface area contributed by atoms with Crippen LogP contribution in [0.1, 0.15) is 38.3 Å². The van der Waals surface area contributed by atoms with E-state index in [0.717, 1.165) is 0 Å². The lowest BCUT2D eigenvalue weighted by Gasteiger charge is -2.48. The molecule has 0 saturated carbocycles. The number of carbonyl (C=O) groups excluding carboxylic acids is 1. The molecule has 0 spiro atoms. The first-order valence-corrected chi connectivity index (χ1v) is 8.17. The second-order valence-electron chi connectivity index (χ2n) is 6.05. The van der Waals surface area contributed by atoms with E-state index in [-0.39, 0.29) is 18.3 Å². The molecule has 0 unspecified atom stereocenters. The van der Waals surface area contributed by atoms with Crippen molar-refractivity contribution in [3.8, 4) is 0 Å². The molecule has 1 aliphatic heterocycles. The van der Waals surface area contributed by atoms with Crippen molar-refractivity contribution in [1.29, 1.82) is 0 Å². The van der Waals surface area contributed by atoms with Gasteiger partial charge in [-0.2, -0.15) is 0 Å². The van der Waals surface area contributed by atoms with Crippen LogP contribution in [-0.4, -0.2) is 48.6 Å². The highest BCUT2D eigenvalue weighted by atomic mass is 16.7. The lowest BCUT2D eigenvalue weighted by molar-refractivity contribution is -0.385. The third-order valence-corrected chi connectivity index (χ3v) is 4.61. The Morgan fingerprint density at radius 1 is 1.36 bits per heavy atom. The van der Waals surface area contributed by atoms with Crippen molar-refractivity contribution in [3.63, 3.8) is 0 Å². The number of piperidine rings is 1. The molecule has 0 aliphatic carbocycles. The predicted octanol–water partition coefficient (Wildman–Crippen LogP) is 3.27. The summed E-state index contributed by atoms with van der Waals surface area (Å²) in [6.07, 6.45) is 0.376. The van der Waals surface area contributed by atoms with Gasteiger partial charge in [-0.25, -0.2) is 4.79 Å². The lowest BCUT2D eigenvalue weighted by atomic mass is 9.87. The number of nitrogens with zero attached hydrogens (tertiary/aromatic N) is 2. The number of methoxy groups -OCH3 is 2. The number of benzene rings is 1. The van der Waals surface area contributed by atoms with E-state index in [0.29, 0.717) is 18.4 Å². The van der Waals surface area contributed by atoms with E-state index in [2.05, 4.69) is 0 Å². The Labute approximate surface area is 146 Å². The van der Waals surface area contributed by atoms with Gasteiger partial charge in [-0.3, -0.25) is 15.0 Å². The summed E-state index contributed by atoms with van der Waals surface area (Å²) in [7, 11) is 3.11. The topological polar surface area (TPSA) is 91.1 Å². The van der Waals surface area contributed by atoms with E-state index in [1.807, 2.05) is 6.92 Å². The standard InChI is InChI=1S/C17H24N2O6/c1-5-25-16(20)18-12(2)10-17(23-3,24-4)11-15(18)13-7-6-8-14(9-13)19(21)22/h6-9,12,15H,5,10-11H2,1-4H3/t12-,15-/m0/s1. The number of hydrogen-bond donors (Lipinski definition) is 0. The van der Waals surface area contributed by atoms with Gasteiger partial charge in [0.25, 0.3) is 5.69 Å². The number of ether oxygens (including phenoxy) is 3. The molecule has 2 rings (SSSR count). The normalized spacial score (nSPS) is 22.5. The highest BCUT2D eigenvalue weighted by Gasteiger charge is 2.47. The van der Waals surface area contributed by atoms with E-state index in [1.165, 1.54) is 12.1 Å². The van der Waals surface area contributed by atoms with Crippen molar-refractivity contribution in [2.24, 2.45) is 0 Å². The monoisotopic (exact) mass is 352 g/mol. The summed E-state index contributed by atoms with van der Waals surface area (Å²) >= 11 is 0. The molecule has 138 valence electrons. The van der Waals surface area contributed by atoms with Crippen LogP contribution in [0.3, 0.4) is 0 Å². The maximum absolute atomic E-state index is 12.5. The van der Waals surface area contributed by atoms with Crippen molar-refractivity contribution < 1.29 is 23.9 Å². The fourth-order valence-electron chi connectivity index (χ4n) is 3.38. The third kappa shape index (κ3) is 3.91. The SMILES string of the molecule is CCOC(=O)N1[C@@H](C)CC(OC)(OC)C[C@H]1c1cccc([N+](=O)[O-])c1. The molecule has 2 atom stereocenters. The molecule has 8 nitrogen and oxygen atoms in total. The predicted molar refractivity (Wildman–Crippen MR) is 90.1 cm³/mol. The van der Waals surface area contributed by atoms with E-state index in [9.17, 15) is 14.9 Å². The second-order valence-corrected chi connectivity index (χ2v) is 6.05. The van der Waals surface area contributed by atoms with Crippen LogP contribution < -0.4 is 0 Å². The molecule has 1 aromatic rings. The number of carbonyl (C=O) groups is 1. The first kappa shape index (κ1) is 19.1. The van der Waals surface area contributed by atoms with Gasteiger partial charge < -0.3 is 14.2 Å². The number of non-ortho nitro benzene ring substituents is 1. The number of nitro groups is 1. The van der Waals surface area contributed by atoms with Crippen LogP contribution in [-0.2, 0) is 14.2 Å². The van der Waals surface area contributed by atoms with Gasteiger partial charge in [0.05, 0.1) is 17.6 Å². The average molecular weight is 352 g/mol. The zero-order valence-corrected chi connectivity index (χ0v) is 14.9. The highest BCUT2D eigenvalue weighted by Crippen LogP contribution is 2.42. The molecule has 1 aliphatic rings. The molecule has 1 saturated heterocycles. The average Bonchev–Trinajstić information content (AvgIpc) is 2.61. The van der Waals surface area contributed by atoms with Gasteiger partial charge >= 0.3 is 6.09 Å². The number of hydrogen-bond acceptors (Lipinski definition) is 6. The van der Waals surface area contributed by atoms with E-state index in [1.54, 1.807) is 38.2 Å². The minimum atomic E-state index is -0.863. The minimum Gasteiger partial charge on any atom is -0.450 e. The summed E-state index contributed by atoms with van der Waals surface area (Å²) in [4.78, 5) is 24.8. The van der Waals surface area contributed by atoms with Gasteiger partial charge in [0.2, 0.25) is 0 Å². The summed E-state index contributed by atoms with van der Waals surface area (Å²) < 4.78 is 16.4. The van der Waals surface area contributed by atoms with E-state index < -0.39 is 22.8 Å². The Kier molecular flexibility index (Phi) is 5.97. The van der Waals surface area contributed by atoms with Crippen molar-refractivity contribution in [2.75, 3.05) is 20.8 Å². The summed E-state index contributed by atoms with van der Waals surface area (Å²) in [5.74, 6) is -0.863. The summed E-state index contributed by atoms with van der Waals surface area (Å²) in [6, 6.07) is 5.59. The Morgan fingerprint density at radius 3 is 2.60 bits per heavy atom. The Balaban J connectivity index is 2.47. The fourth-order valence-corrected chi connectivity index (χ4v) is 3.38. The van der Waals surface area contributed by atoms with Gasteiger partial charge in [0.15, 0.2) is 5.79 Å². The maximum atomic E-state index is 12.5. The molecule has 0 radical (unpaired) electrons. The molecule has 8 heteroatoms. The van der Waals surface area contributed by atoms with Crippen LogP contribution in [0.4, 0.5) is 10.5 Å². The van der Waals surface area contributed by atoms with Crippen LogP contribution in [0, 0.1) is 10.1 Å². The van der Waals surface area contributed by atoms with Gasteiger partial charge in [-0.05, 0) is 19.4 Å². The molecule has 1 aromatic carbocycles. The third-order valence-electron chi connectivity index (χ3n) is 4.61. The van der Waals surface area contributed by atoms with Crippen molar-refractivity contribution in [2.45, 2.75) is 44.6 Å². The zero-order valence-electron chi connectivity index (χ0n) is 14.9. The molecule has 1 amide bonds. The van der Waals surface area contributed by atoms with Gasteiger partial charge in [0.1, 0.15) is 0 Å². The molecule has 1 fully saturated rings. The first-order valence-electron chi connectivity index (χ1n) is 8.17. The quantitative estimate of drug-likeness (QED) is 0.459. The van der Waals surface area contributed by atoms with Gasteiger partial charge in [-0.15, -0.1) is 0 Å². The Morgan fingerprint density at radius 2 is 2.04 bits per heavy atom. The largest absolute Gasteiger partial charge is 0.450 e. The molecule has 1 heterocycles. The molecule has 0 N–H and O–H groups in total. The maximum Gasteiger partial charge on any atom is 0.410 e.